The monoisotopic (exact) mass is 386 g/mol. The van der Waals surface area contributed by atoms with Gasteiger partial charge in [0.15, 0.2) is 0 Å². The highest BCUT2D eigenvalue weighted by Crippen LogP contribution is 2.20. The molecule has 0 bridgehead atoms. The van der Waals surface area contributed by atoms with Gasteiger partial charge in [0.05, 0.1) is 0 Å². The molecule has 6 heteroatoms. The average molecular weight is 387 g/mol. The Labute approximate surface area is 148 Å². The molecule has 0 saturated carbocycles. The smallest absolute Gasteiger partial charge is 0.135 e. The number of hydrogen-bond acceptors (Lipinski definition) is 4. The minimum Gasteiger partial charge on any atom is -0.370 e. The van der Waals surface area contributed by atoms with Gasteiger partial charge in [0.2, 0.25) is 0 Å². The van der Waals surface area contributed by atoms with E-state index in [-0.39, 0.29) is 5.82 Å². The molecule has 2 N–H and O–H groups in total. The number of benzene rings is 2. The van der Waals surface area contributed by atoms with E-state index in [1.54, 1.807) is 12.1 Å². The van der Waals surface area contributed by atoms with Crippen molar-refractivity contribution >= 4 is 33.3 Å². The molecule has 0 aliphatic heterocycles. The van der Waals surface area contributed by atoms with E-state index < -0.39 is 0 Å². The van der Waals surface area contributed by atoms with Crippen molar-refractivity contribution < 1.29 is 4.39 Å². The zero-order valence-electron chi connectivity index (χ0n) is 12.8. The number of aromatic nitrogens is 2. The molecule has 0 atom stereocenters. The van der Waals surface area contributed by atoms with E-state index in [9.17, 15) is 4.39 Å². The SMILES string of the molecule is Fc1ccccc1CCNc1cc(Nc2cccc(Br)c2)ncn1. The largest absolute Gasteiger partial charge is 0.370 e. The second-order valence-corrected chi connectivity index (χ2v) is 6.11. The number of nitrogens with one attached hydrogen (secondary N) is 2. The molecule has 1 aromatic heterocycles. The second kappa shape index (κ2) is 7.88. The lowest BCUT2D eigenvalue weighted by atomic mass is 10.1. The quantitative estimate of drug-likeness (QED) is 0.640. The van der Waals surface area contributed by atoms with Crippen molar-refractivity contribution in [3.8, 4) is 0 Å². The van der Waals surface area contributed by atoms with Gasteiger partial charge in [-0.1, -0.05) is 40.2 Å². The molecule has 0 radical (unpaired) electrons. The molecule has 2 aromatic carbocycles. The summed E-state index contributed by atoms with van der Waals surface area (Å²) in [6.45, 7) is 0.592. The fraction of sp³-hybridized carbons (Fsp3) is 0.111. The Bertz CT molecular complexity index is 825. The highest BCUT2D eigenvalue weighted by Gasteiger charge is 2.02. The van der Waals surface area contributed by atoms with Gasteiger partial charge in [-0.15, -0.1) is 0 Å². The van der Waals surface area contributed by atoms with E-state index in [1.165, 1.54) is 12.4 Å². The number of rotatable bonds is 6. The van der Waals surface area contributed by atoms with Crippen LogP contribution in [0.1, 0.15) is 5.56 Å². The number of halogens is 2. The molecule has 0 aliphatic rings. The fourth-order valence-corrected chi connectivity index (χ4v) is 2.66. The molecule has 0 amide bonds. The van der Waals surface area contributed by atoms with Crippen LogP contribution in [-0.4, -0.2) is 16.5 Å². The molecule has 1 heterocycles. The van der Waals surface area contributed by atoms with E-state index in [0.717, 1.165) is 10.2 Å². The van der Waals surface area contributed by atoms with E-state index in [1.807, 2.05) is 36.4 Å². The van der Waals surface area contributed by atoms with Gasteiger partial charge in [-0.25, -0.2) is 14.4 Å². The van der Waals surface area contributed by atoms with Crippen LogP contribution in [0.4, 0.5) is 21.7 Å². The third-order valence-electron chi connectivity index (χ3n) is 3.42. The van der Waals surface area contributed by atoms with Crippen LogP contribution in [0.2, 0.25) is 0 Å². The zero-order valence-corrected chi connectivity index (χ0v) is 14.4. The van der Waals surface area contributed by atoms with E-state index in [4.69, 9.17) is 0 Å². The van der Waals surface area contributed by atoms with Crippen LogP contribution in [0.25, 0.3) is 0 Å². The Balaban J connectivity index is 1.60. The summed E-state index contributed by atoms with van der Waals surface area (Å²) in [7, 11) is 0. The lowest BCUT2D eigenvalue weighted by molar-refractivity contribution is 0.610. The number of hydrogen-bond donors (Lipinski definition) is 2. The van der Waals surface area contributed by atoms with Gasteiger partial charge in [-0.2, -0.15) is 0 Å². The van der Waals surface area contributed by atoms with Crippen molar-refractivity contribution in [1.29, 1.82) is 0 Å². The molecule has 0 saturated heterocycles. The van der Waals surface area contributed by atoms with Crippen LogP contribution in [0.5, 0.6) is 0 Å². The molecule has 122 valence electrons. The van der Waals surface area contributed by atoms with Crippen LogP contribution < -0.4 is 10.6 Å². The summed E-state index contributed by atoms with van der Waals surface area (Å²) in [6, 6.07) is 16.4. The van der Waals surface area contributed by atoms with Crippen LogP contribution in [-0.2, 0) is 6.42 Å². The van der Waals surface area contributed by atoms with Crippen LogP contribution in [0, 0.1) is 5.82 Å². The third-order valence-corrected chi connectivity index (χ3v) is 3.92. The molecule has 0 aliphatic carbocycles. The summed E-state index contributed by atoms with van der Waals surface area (Å²) in [4.78, 5) is 8.39. The predicted molar refractivity (Wildman–Crippen MR) is 98.1 cm³/mol. The van der Waals surface area contributed by atoms with Crippen LogP contribution in [0.15, 0.2) is 65.4 Å². The molecule has 0 fully saturated rings. The Hall–Kier alpha value is -2.47. The fourth-order valence-electron chi connectivity index (χ4n) is 2.26. The molecular formula is C18H16BrFN4. The highest BCUT2D eigenvalue weighted by molar-refractivity contribution is 9.10. The van der Waals surface area contributed by atoms with Crippen molar-refractivity contribution in [2.24, 2.45) is 0 Å². The molecule has 24 heavy (non-hydrogen) atoms. The Morgan fingerprint density at radius 2 is 1.79 bits per heavy atom. The lowest BCUT2D eigenvalue weighted by Crippen LogP contribution is -2.08. The maximum Gasteiger partial charge on any atom is 0.135 e. The van der Waals surface area contributed by atoms with E-state index in [2.05, 4.69) is 36.5 Å². The van der Waals surface area contributed by atoms with Gasteiger partial charge >= 0.3 is 0 Å². The predicted octanol–water partition coefficient (Wildman–Crippen LogP) is 4.78. The van der Waals surface area contributed by atoms with Crippen LogP contribution in [0.3, 0.4) is 0 Å². The van der Waals surface area contributed by atoms with Gasteiger partial charge in [-0.05, 0) is 36.2 Å². The molecular weight excluding hydrogens is 371 g/mol. The highest BCUT2D eigenvalue weighted by atomic mass is 79.9. The van der Waals surface area contributed by atoms with Gasteiger partial charge in [0, 0.05) is 22.8 Å². The summed E-state index contributed by atoms with van der Waals surface area (Å²) in [6.07, 6.45) is 2.08. The van der Waals surface area contributed by atoms with E-state index in [0.29, 0.717) is 30.2 Å². The molecule has 4 nitrogen and oxygen atoms in total. The first-order chi connectivity index (χ1) is 11.7. The van der Waals surface area contributed by atoms with Gasteiger partial charge in [0.25, 0.3) is 0 Å². The standard InChI is InChI=1S/C18H16BrFN4/c19-14-5-3-6-15(10-14)24-18-11-17(22-12-23-18)21-9-8-13-4-1-2-7-16(13)20/h1-7,10-12H,8-9H2,(H2,21,22,23,24). The molecule has 3 aromatic rings. The maximum atomic E-state index is 13.6. The van der Waals surface area contributed by atoms with Crippen molar-refractivity contribution in [3.63, 3.8) is 0 Å². The Kier molecular flexibility index (Phi) is 5.38. The summed E-state index contributed by atoms with van der Waals surface area (Å²) in [5.41, 5.74) is 1.62. The Morgan fingerprint density at radius 1 is 0.958 bits per heavy atom. The summed E-state index contributed by atoms with van der Waals surface area (Å²) in [5, 5.41) is 6.41. The average Bonchev–Trinajstić information content (AvgIpc) is 2.57. The minimum absolute atomic E-state index is 0.181. The second-order valence-electron chi connectivity index (χ2n) is 5.19. The normalized spacial score (nSPS) is 10.4. The van der Waals surface area contributed by atoms with Crippen molar-refractivity contribution in [2.75, 3.05) is 17.2 Å². The zero-order chi connectivity index (χ0) is 16.8. The first-order valence-corrected chi connectivity index (χ1v) is 8.32. The molecule has 0 spiro atoms. The summed E-state index contributed by atoms with van der Waals surface area (Å²) >= 11 is 3.44. The van der Waals surface area contributed by atoms with Crippen molar-refractivity contribution in [3.05, 3.63) is 76.8 Å². The molecule has 3 rings (SSSR count). The van der Waals surface area contributed by atoms with Crippen LogP contribution >= 0.6 is 15.9 Å². The lowest BCUT2D eigenvalue weighted by Gasteiger charge is -2.09. The van der Waals surface area contributed by atoms with Crippen molar-refractivity contribution in [1.82, 2.24) is 9.97 Å². The summed E-state index contributed by atoms with van der Waals surface area (Å²) in [5.74, 6) is 1.20. The third kappa shape index (κ3) is 4.52. The number of anilines is 3. The topological polar surface area (TPSA) is 49.8 Å². The first kappa shape index (κ1) is 16.4. The van der Waals surface area contributed by atoms with Crippen molar-refractivity contribution in [2.45, 2.75) is 6.42 Å². The van der Waals surface area contributed by atoms with Gasteiger partial charge < -0.3 is 10.6 Å². The van der Waals surface area contributed by atoms with E-state index >= 15 is 0 Å². The first-order valence-electron chi connectivity index (χ1n) is 7.52. The maximum absolute atomic E-state index is 13.6. The Morgan fingerprint density at radius 3 is 2.62 bits per heavy atom. The minimum atomic E-state index is -0.181. The number of nitrogens with zero attached hydrogens (tertiary/aromatic N) is 2. The van der Waals surface area contributed by atoms with Gasteiger partial charge in [-0.3, -0.25) is 0 Å². The van der Waals surface area contributed by atoms with Gasteiger partial charge in [0.1, 0.15) is 23.8 Å². The summed E-state index contributed by atoms with van der Waals surface area (Å²) < 4.78 is 14.6. The molecule has 0 unspecified atom stereocenters.